The van der Waals surface area contributed by atoms with Crippen molar-refractivity contribution in [2.24, 2.45) is 5.73 Å². The first-order valence-electron chi connectivity index (χ1n) is 7.32. The monoisotopic (exact) mass is 415 g/mol. The van der Waals surface area contributed by atoms with Crippen LogP contribution in [0.2, 0.25) is 5.28 Å². The highest BCUT2D eigenvalue weighted by Crippen LogP contribution is 2.32. The molecule has 0 bridgehead atoms. The molecule has 3 aromatic rings. The zero-order valence-electron chi connectivity index (χ0n) is 12.9. The molecular weight excluding hydrogens is 401 g/mol. The summed E-state index contributed by atoms with van der Waals surface area (Å²) in [5.74, 6) is 1.34. The molecule has 128 valence electrons. The summed E-state index contributed by atoms with van der Waals surface area (Å²) < 4.78 is 20.5. The van der Waals surface area contributed by atoms with Gasteiger partial charge in [-0.05, 0) is 64.1 Å². The minimum Gasteiger partial charge on any atom is -0.467 e. The molecule has 0 aliphatic heterocycles. The predicted molar refractivity (Wildman–Crippen MR) is 94.1 cm³/mol. The number of furan rings is 1. The second-order valence-electron chi connectivity index (χ2n) is 5.44. The molecule has 24 heavy (non-hydrogen) atoms. The molecule has 0 aliphatic rings. The number of aromatic nitrogens is 3. The van der Waals surface area contributed by atoms with E-state index in [-0.39, 0.29) is 5.28 Å². The zero-order chi connectivity index (χ0) is 17.3. The summed E-state index contributed by atoms with van der Waals surface area (Å²) in [6.45, 7) is 1.79. The first kappa shape index (κ1) is 17.2. The van der Waals surface area contributed by atoms with Crippen LogP contribution in [0.4, 0.5) is 10.2 Å². The molecule has 0 spiro atoms. The summed E-state index contributed by atoms with van der Waals surface area (Å²) in [5.41, 5.74) is 8.33. The SMILES string of the molecule is Cc1c(C[C@@H](N)CF)c(Br)n2nc(Cl)nc(NCc3ccco3)c12. The number of hydrogen-bond acceptors (Lipinski definition) is 5. The van der Waals surface area contributed by atoms with Gasteiger partial charge in [0.25, 0.3) is 0 Å². The Morgan fingerprint density at radius 3 is 3.00 bits per heavy atom. The van der Waals surface area contributed by atoms with Gasteiger partial charge in [0.05, 0.1) is 12.8 Å². The van der Waals surface area contributed by atoms with E-state index in [2.05, 4.69) is 31.3 Å². The molecule has 3 rings (SSSR count). The number of aryl methyl sites for hydroxylation is 1. The highest BCUT2D eigenvalue weighted by molar-refractivity contribution is 9.10. The van der Waals surface area contributed by atoms with E-state index in [0.717, 1.165) is 22.4 Å². The van der Waals surface area contributed by atoms with Crippen molar-refractivity contribution >= 4 is 38.9 Å². The quantitative estimate of drug-likeness (QED) is 0.643. The van der Waals surface area contributed by atoms with Gasteiger partial charge in [0.2, 0.25) is 5.28 Å². The standard InChI is InChI=1S/C15H16BrClFN5O/c1-8-11(5-9(19)6-18)13(16)23-12(8)14(21-15(17)22-23)20-7-10-3-2-4-24-10/h2-4,9H,5-7,19H2,1H3,(H,20,21,22)/t9-/m1/s1. The molecule has 0 unspecified atom stereocenters. The van der Waals surface area contributed by atoms with Gasteiger partial charge in [-0.1, -0.05) is 0 Å². The fourth-order valence-electron chi connectivity index (χ4n) is 2.57. The maximum absolute atomic E-state index is 12.8. The Kier molecular flexibility index (Phi) is 5.07. The number of nitrogens with one attached hydrogen (secondary N) is 1. The van der Waals surface area contributed by atoms with E-state index in [1.54, 1.807) is 10.8 Å². The van der Waals surface area contributed by atoms with Gasteiger partial charge >= 0.3 is 0 Å². The molecule has 1 atom stereocenters. The van der Waals surface area contributed by atoms with E-state index >= 15 is 0 Å². The molecule has 0 saturated heterocycles. The summed E-state index contributed by atoms with van der Waals surface area (Å²) in [6, 6.07) is 3.11. The van der Waals surface area contributed by atoms with Crippen molar-refractivity contribution in [3.8, 4) is 0 Å². The Hall–Kier alpha value is -1.64. The average molecular weight is 417 g/mol. The van der Waals surface area contributed by atoms with Crippen molar-refractivity contribution < 1.29 is 8.81 Å². The fraction of sp³-hybridized carbons (Fsp3) is 0.333. The van der Waals surface area contributed by atoms with Crippen LogP contribution >= 0.6 is 27.5 Å². The molecular formula is C15H16BrClFN5O. The van der Waals surface area contributed by atoms with Gasteiger partial charge in [-0.3, -0.25) is 0 Å². The minimum atomic E-state index is -0.589. The molecule has 9 heteroatoms. The van der Waals surface area contributed by atoms with Crippen LogP contribution in [0, 0.1) is 6.92 Å². The summed E-state index contributed by atoms with van der Waals surface area (Å²) in [6.07, 6.45) is 2.00. The maximum Gasteiger partial charge on any atom is 0.243 e. The number of nitrogens with two attached hydrogens (primary N) is 1. The summed E-state index contributed by atoms with van der Waals surface area (Å²) in [5, 5.41) is 7.52. The molecule has 6 nitrogen and oxygen atoms in total. The van der Waals surface area contributed by atoms with Crippen LogP contribution in [0.1, 0.15) is 16.9 Å². The second kappa shape index (κ2) is 7.08. The lowest BCUT2D eigenvalue weighted by atomic mass is 10.1. The zero-order valence-corrected chi connectivity index (χ0v) is 15.2. The number of hydrogen-bond donors (Lipinski definition) is 2. The predicted octanol–water partition coefficient (Wildman–Crippen LogP) is 3.50. The van der Waals surface area contributed by atoms with Crippen molar-refractivity contribution in [3.05, 3.63) is 45.2 Å². The summed E-state index contributed by atoms with van der Waals surface area (Å²) in [4.78, 5) is 4.27. The first-order chi connectivity index (χ1) is 11.5. The highest BCUT2D eigenvalue weighted by Gasteiger charge is 2.21. The van der Waals surface area contributed by atoms with Gasteiger partial charge in [-0.2, -0.15) is 4.98 Å². The van der Waals surface area contributed by atoms with E-state index in [9.17, 15) is 4.39 Å². The van der Waals surface area contributed by atoms with Crippen LogP contribution in [0.3, 0.4) is 0 Å². The number of rotatable bonds is 6. The lowest BCUT2D eigenvalue weighted by Gasteiger charge is -2.08. The minimum absolute atomic E-state index is 0.0986. The van der Waals surface area contributed by atoms with Crippen LogP contribution in [-0.2, 0) is 13.0 Å². The van der Waals surface area contributed by atoms with Crippen LogP contribution in [-0.4, -0.2) is 27.3 Å². The van der Waals surface area contributed by atoms with Crippen LogP contribution in [0.25, 0.3) is 5.52 Å². The lowest BCUT2D eigenvalue weighted by molar-refractivity contribution is 0.426. The fourth-order valence-corrected chi connectivity index (χ4v) is 3.44. The molecule has 0 fully saturated rings. The molecule has 0 aliphatic carbocycles. The van der Waals surface area contributed by atoms with E-state index in [0.29, 0.717) is 23.4 Å². The smallest absolute Gasteiger partial charge is 0.243 e. The van der Waals surface area contributed by atoms with E-state index in [1.165, 1.54) is 0 Å². The molecule has 0 aromatic carbocycles. The van der Waals surface area contributed by atoms with Crippen molar-refractivity contribution in [1.82, 2.24) is 14.6 Å². The number of alkyl halides is 1. The Morgan fingerprint density at radius 1 is 1.54 bits per heavy atom. The first-order valence-corrected chi connectivity index (χ1v) is 8.49. The third-order valence-electron chi connectivity index (χ3n) is 3.74. The lowest BCUT2D eigenvalue weighted by Crippen LogP contribution is -2.25. The Balaban J connectivity index is 2.03. The van der Waals surface area contributed by atoms with Gasteiger partial charge in [0.15, 0.2) is 5.82 Å². The molecule has 3 N–H and O–H groups in total. The molecule has 0 radical (unpaired) electrons. The molecule has 3 aromatic heterocycles. The highest BCUT2D eigenvalue weighted by atomic mass is 79.9. The molecule has 0 saturated carbocycles. The maximum atomic E-state index is 12.8. The Labute approximate surface area is 151 Å². The van der Waals surface area contributed by atoms with E-state index in [4.69, 9.17) is 21.8 Å². The average Bonchev–Trinajstić information content (AvgIpc) is 3.16. The number of fused-ring (bicyclic) bond motifs is 1. The van der Waals surface area contributed by atoms with Crippen LogP contribution in [0.15, 0.2) is 27.4 Å². The third-order valence-corrected chi connectivity index (χ3v) is 4.71. The second-order valence-corrected chi connectivity index (χ2v) is 6.52. The van der Waals surface area contributed by atoms with E-state index in [1.807, 2.05) is 19.1 Å². The van der Waals surface area contributed by atoms with Crippen molar-refractivity contribution in [2.75, 3.05) is 12.0 Å². The van der Waals surface area contributed by atoms with E-state index < -0.39 is 12.7 Å². The number of halogens is 3. The largest absolute Gasteiger partial charge is 0.467 e. The van der Waals surface area contributed by atoms with Gasteiger partial charge in [-0.25, -0.2) is 8.91 Å². The summed E-state index contributed by atoms with van der Waals surface area (Å²) >= 11 is 9.55. The Bertz CT molecular complexity index is 852. The Morgan fingerprint density at radius 2 is 2.33 bits per heavy atom. The topological polar surface area (TPSA) is 81.4 Å². The third kappa shape index (κ3) is 3.26. The van der Waals surface area contributed by atoms with Gasteiger partial charge < -0.3 is 15.5 Å². The normalized spacial score (nSPS) is 12.7. The van der Waals surface area contributed by atoms with Crippen molar-refractivity contribution in [1.29, 1.82) is 0 Å². The molecule has 0 amide bonds. The van der Waals surface area contributed by atoms with Gasteiger partial charge in [0.1, 0.15) is 22.6 Å². The van der Waals surface area contributed by atoms with Gasteiger partial charge in [0, 0.05) is 6.04 Å². The summed E-state index contributed by atoms with van der Waals surface area (Å²) in [7, 11) is 0. The number of nitrogens with zero attached hydrogens (tertiary/aromatic N) is 3. The van der Waals surface area contributed by atoms with Crippen LogP contribution in [0.5, 0.6) is 0 Å². The molecule has 3 heterocycles. The van der Waals surface area contributed by atoms with Crippen molar-refractivity contribution in [2.45, 2.75) is 25.9 Å². The van der Waals surface area contributed by atoms with Crippen LogP contribution < -0.4 is 11.1 Å². The number of anilines is 1. The van der Waals surface area contributed by atoms with Crippen molar-refractivity contribution in [3.63, 3.8) is 0 Å². The van der Waals surface area contributed by atoms with Gasteiger partial charge in [-0.15, -0.1) is 5.10 Å².